The third kappa shape index (κ3) is 4.57. The van der Waals surface area contributed by atoms with Crippen LogP contribution >= 0.6 is 0 Å². The molecule has 0 N–H and O–H groups in total. The van der Waals surface area contributed by atoms with Crippen molar-refractivity contribution >= 4 is 6.09 Å². The lowest BCUT2D eigenvalue weighted by Gasteiger charge is -2.34. The number of benzene rings is 1. The summed E-state index contributed by atoms with van der Waals surface area (Å²) in [4.78, 5) is 20.3. The van der Waals surface area contributed by atoms with Crippen molar-refractivity contribution in [2.75, 3.05) is 32.8 Å². The maximum absolute atomic E-state index is 11.8. The third-order valence-electron chi connectivity index (χ3n) is 4.45. The maximum atomic E-state index is 11.8. The van der Waals surface area contributed by atoms with E-state index in [9.17, 15) is 4.79 Å². The molecule has 0 saturated carbocycles. The van der Waals surface area contributed by atoms with E-state index in [1.165, 1.54) is 16.7 Å². The van der Waals surface area contributed by atoms with Crippen LogP contribution in [-0.2, 0) is 11.3 Å². The van der Waals surface area contributed by atoms with Crippen molar-refractivity contribution in [1.82, 2.24) is 14.8 Å². The molecule has 0 radical (unpaired) electrons. The van der Waals surface area contributed by atoms with E-state index in [0.717, 1.165) is 25.2 Å². The molecule has 0 atom stereocenters. The van der Waals surface area contributed by atoms with E-state index in [0.29, 0.717) is 19.7 Å². The number of aryl methyl sites for hydroxylation is 1. The molecule has 2 aromatic rings. The van der Waals surface area contributed by atoms with Crippen LogP contribution in [0.4, 0.5) is 4.79 Å². The molecule has 0 aliphatic carbocycles. The van der Waals surface area contributed by atoms with Crippen molar-refractivity contribution < 1.29 is 9.53 Å². The highest BCUT2D eigenvalue weighted by atomic mass is 16.6. The van der Waals surface area contributed by atoms with Gasteiger partial charge in [-0.1, -0.05) is 29.8 Å². The Balaban J connectivity index is 1.61. The van der Waals surface area contributed by atoms with Gasteiger partial charge in [0.25, 0.3) is 0 Å². The first-order valence-corrected chi connectivity index (χ1v) is 8.80. The third-order valence-corrected chi connectivity index (χ3v) is 4.45. The van der Waals surface area contributed by atoms with Crippen molar-refractivity contribution in [3.05, 3.63) is 53.9 Å². The first kappa shape index (κ1) is 17.4. The van der Waals surface area contributed by atoms with Crippen molar-refractivity contribution in [3.8, 4) is 11.1 Å². The highest BCUT2D eigenvalue weighted by molar-refractivity contribution is 5.67. The first-order chi connectivity index (χ1) is 12.2. The molecule has 2 heterocycles. The second-order valence-electron chi connectivity index (χ2n) is 6.41. The lowest BCUT2D eigenvalue weighted by molar-refractivity contribution is 0.0778. The quantitative estimate of drug-likeness (QED) is 0.857. The number of amides is 1. The summed E-state index contributed by atoms with van der Waals surface area (Å²) in [6.07, 6.45) is 3.64. The second-order valence-corrected chi connectivity index (χ2v) is 6.41. The Bertz CT molecular complexity index is 724. The fourth-order valence-corrected chi connectivity index (χ4v) is 3.12. The summed E-state index contributed by atoms with van der Waals surface area (Å²) < 4.78 is 5.07. The van der Waals surface area contributed by atoms with Gasteiger partial charge < -0.3 is 9.64 Å². The standard InChI is InChI=1S/C20H25N3O2/c1-3-25-20(24)23-9-7-22(8-10-23)15-17-12-19(14-21-13-17)18-6-4-5-16(2)11-18/h4-6,11-14H,3,7-10,15H2,1-2H3. The Hall–Kier alpha value is -2.40. The second kappa shape index (κ2) is 8.12. The van der Waals surface area contributed by atoms with Crippen LogP contribution < -0.4 is 0 Å². The number of aromatic nitrogens is 1. The molecule has 0 bridgehead atoms. The van der Waals surface area contributed by atoms with E-state index in [4.69, 9.17) is 4.74 Å². The summed E-state index contributed by atoms with van der Waals surface area (Å²) in [7, 11) is 0. The molecule has 1 aromatic heterocycles. The number of rotatable bonds is 4. The highest BCUT2D eigenvalue weighted by Crippen LogP contribution is 2.21. The zero-order chi connectivity index (χ0) is 17.6. The number of hydrogen-bond donors (Lipinski definition) is 0. The van der Waals surface area contributed by atoms with Gasteiger partial charge in [-0.25, -0.2) is 4.79 Å². The number of piperazine rings is 1. The van der Waals surface area contributed by atoms with E-state index in [1.807, 2.05) is 19.3 Å². The van der Waals surface area contributed by atoms with Crippen LogP contribution in [0, 0.1) is 6.92 Å². The average molecular weight is 339 g/mol. The molecule has 1 amide bonds. The zero-order valence-corrected chi connectivity index (χ0v) is 14.9. The fourth-order valence-electron chi connectivity index (χ4n) is 3.12. The summed E-state index contributed by atoms with van der Waals surface area (Å²) in [5, 5.41) is 0. The van der Waals surface area contributed by atoms with E-state index < -0.39 is 0 Å². The van der Waals surface area contributed by atoms with Crippen molar-refractivity contribution in [2.24, 2.45) is 0 Å². The lowest BCUT2D eigenvalue weighted by Crippen LogP contribution is -2.48. The van der Waals surface area contributed by atoms with Crippen LogP contribution in [0.1, 0.15) is 18.1 Å². The molecule has 1 fully saturated rings. The van der Waals surface area contributed by atoms with Gasteiger partial charge in [-0.3, -0.25) is 9.88 Å². The van der Waals surface area contributed by atoms with E-state index in [-0.39, 0.29) is 6.09 Å². The highest BCUT2D eigenvalue weighted by Gasteiger charge is 2.21. The van der Waals surface area contributed by atoms with Crippen molar-refractivity contribution in [1.29, 1.82) is 0 Å². The van der Waals surface area contributed by atoms with Crippen LogP contribution in [0.5, 0.6) is 0 Å². The monoisotopic (exact) mass is 339 g/mol. The zero-order valence-electron chi connectivity index (χ0n) is 14.9. The van der Waals surface area contributed by atoms with Gasteiger partial charge in [0.05, 0.1) is 6.61 Å². The molecule has 25 heavy (non-hydrogen) atoms. The number of hydrogen-bond acceptors (Lipinski definition) is 4. The summed E-state index contributed by atoms with van der Waals surface area (Å²) in [5.74, 6) is 0. The van der Waals surface area contributed by atoms with E-state index in [1.54, 1.807) is 4.90 Å². The summed E-state index contributed by atoms with van der Waals surface area (Å²) in [5.41, 5.74) is 4.79. The lowest BCUT2D eigenvalue weighted by atomic mass is 10.0. The van der Waals surface area contributed by atoms with Gasteiger partial charge in [0.15, 0.2) is 0 Å². The molecule has 1 aliphatic heterocycles. The molecule has 0 unspecified atom stereocenters. The van der Waals surface area contributed by atoms with Crippen molar-refractivity contribution in [3.63, 3.8) is 0 Å². The topological polar surface area (TPSA) is 45.7 Å². The minimum Gasteiger partial charge on any atom is -0.450 e. The van der Waals surface area contributed by atoms with Gasteiger partial charge in [0.2, 0.25) is 0 Å². The molecule has 1 saturated heterocycles. The smallest absolute Gasteiger partial charge is 0.409 e. The van der Waals surface area contributed by atoms with Crippen molar-refractivity contribution in [2.45, 2.75) is 20.4 Å². The summed E-state index contributed by atoms with van der Waals surface area (Å²) in [6.45, 7) is 8.35. The Morgan fingerprint density at radius 1 is 1.12 bits per heavy atom. The van der Waals surface area contributed by atoms with Gasteiger partial charge in [0, 0.05) is 50.7 Å². The Morgan fingerprint density at radius 3 is 2.64 bits per heavy atom. The van der Waals surface area contributed by atoms with Gasteiger partial charge in [-0.15, -0.1) is 0 Å². The molecular formula is C20H25N3O2. The van der Waals surface area contributed by atoms with E-state index in [2.05, 4.69) is 47.1 Å². The van der Waals surface area contributed by atoms with E-state index >= 15 is 0 Å². The minimum atomic E-state index is -0.203. The van der Waals surface area contributed by atoms with Crippen LogP contribution in [0.25, 0.3) is 11.1 Å². The predicted octanol–water partition coefficient (Wildman–Crippen LogP) is 3.33. The number of nitrogens with zero attached hydrogens (tertiary/aromatic N) is 3. The molecule has 1 aromatic carbocycles. The summed E-state index contributed by atoms with van der Waals surface area (Å²) >= 11 is 0. The normalized spacial score (nSPS) is 15.2. The Morgan fingerprint density at radius 2 is 1.92 bits per heavy atom. The van der Waals surface area contributed by atoms with Crippen LogP contribution in [-0.4, -0.2) is 53.7 Å². The maximum Gasteiger partial charge on any atom is 0.409 e. The Kier molecular flexibility index (Phi) is 5.66. The van der Waals surface area contributed by atoms with Gasteiger partial charge in [0.1, 0.15) is 0 Å². The van der Waals surface area contributed by atoms with Gasteiger partial charge in [-0.2, -0.15) is 0 Å². The average Bonchev–Trinajstić information content (AvgIpc) is 2.63. The largest absolute Gasteiger partial charge is 0.450 e. The molecular weight excluding hydrogens is 314 g/mol. The first-order valence-electron chi connectivity index (χ1n) is 8.80. The minimum absolute atomic E-state index is 0.203. The number of carbonyl (C=O) groups is 1. The number of pyridine rings is 1. The molecule has 1 aliphatic rings. The fraction of sp³-hybridized carbons (Fsp3) is 0.400. The molecule has 5 nitrogen and oxygen atoms in total. The van der Waals surface area contributed by atoms with Gasteiger partial charge >= 0.3 is 6.09 Å². The van der Waals surface area contributed by atoms with Gasteiger partial charge in [-0.05, 0) is 31.0 Å². The molecule has 0 spiro atoms. The van der Waals surface area contributed by atoms with Crippen LogP contribution in [0.3, 0.4) is 0 Å². The molecule has 3 rings (SSSR count). The molecule has 5 heteroatoms. The Labute approximate surface area is 149 Å². The SMILES string of the molecule is CCOC(=O)N1CCN(Cc2cncc(-c3cccc(C)c3)c2)CC1. The molecule has 132 valence electrons. The van der Waals surface area contributed by atoms with Crippen LogP contribution in [0.15, 0.2) is 42.7 Å². The predicted molar refractivity (Wildman–Crippen MR) is 98.3 cm³/mol. The summed E-state index contributed by atoms with van der Waals surface area (Å²) in [6, 6.07) is 10.7. The number of carbonyl (C=O) groups excluding carboxylic acids is 1. The van der Waals surface area contributed by atoms with Crippen LogP contribution in [0.2, 0.25) is 0 Å². The number of ether oxygens (including phenoxy) is 1.